The topological polar surface area (TPSA) is 66.0 Å². The Labute approximate surface area is 201 Å². The number of amides is 2. The summed E-state index contributed by atoms with van der Waals surface area (Å²) in [6, 6.07) is 14.0. The number of pyridine rings is 1. The first kappa shape index (κ1) is 22.8. The van der Waals surface area contributed by atoms with Crippen LogP contribution in [0, 0.1) is 5.92 Å². The van der Waals surface area contributed by atoms with Crippen molar-refractivity contribution in [2.45, 2.75) is 38.1 Å². The molecule has 3 fully saturated rings. The van der Waals surface area contributed by atoms with E-state index in [1.165, 1.54) is 5.56 Å². The van der Waals surface area contributed by atoms with Gasteiger partial charge in [-0.3, -0.25) is 9.59 Å². The van der Waals surface area contributed by atoms with Crippen LogP contribution in [0.4, 0.5) is 5.82 Å². The van der Waals surface area contributed by atoms with Gasteiger partial charge in [-0.25, -0.2) is 4.98 Å². The van der Waals surface area contributed by atoms with E-state index in [4.69, 9.17) is 4.74 Å². The number of fused-ring (bicyclic) bond motifs is 1. The number of benzene rings is 1. The number of likely N-dealkylation sites (tertiary alicyclic amines) is 2. The number of nitrogens with zero attached hydrogens (tertiary/aromatic N) is 4. The van der Waals surface area contributed by atoms with Crippen LogP contribution < -0.4 is 4.90 Å². The van der Waals surface area contributed by atoms with Crippen LogP contribution in [0.2, 0.25) is 0 Å². The summed E-state index contributed by atoms with van der Waals surface area (Å²) in [5, 5.41) is 0. The fourth-order valence-corrected chi connectivity index (χ4v) is 5.54. The summed E-state index contributed by atoms with van der Waals surface area (Å²) < 4.78 is 5.45. The number of hydrogen-bond acceptors (Lipinski definition) is 5. The van der Waals surface area contributed by atoms with Crippen LogP contribution in [0.15, 0.2) is 48.7 Å². The van der Waals surface area contributed by atoms with E-state index in [-0.39, 0.29) is 17.9 Å². The maximum Gasteiger partial charge on any atom is 0.254 e. The predicted octanol–water partition coefficient (Wildman–Crippen LogP) is 3.00. The van der Waals surface area contributed by atoms with Gasteiger partial charge in [0.25, 0.3) is 5.91 Å². The maximum atomic E-state index is 13.7. The summed E-state index contributed by atoms with van der Waals surface area (Å²) in [6.45, 7) is 5.11. The van der Waals surface area contributed by atoms with Gasteiger partial charge in [-0.1, -0.05) is 36.8 Å². The number of rotatable bonds is 5. The Bertz CT molecular complexity index is 992. The molecule has 1 aromatic carbocycles. The minimum atomic E-state index is 0.0624. The SMILES string of the molecule is O=C(CCc1ccccc1)N1C[C@@H]2CCCCN(C(=O)c3ccnc(N4CCOCC4)c3)[C@@H]2C1. The number of anilines is 1. The van der Waals surface area contributed by atoms with Crippen molar-refractivity contribution in [3.63, 3.8) is 0 Å². The number of carbonyl (C=O) groups excluding carboxylic acids is 2. The lowest BCUT2D eigenvalue weighted by Gasteiger charge is -2.31. The van der Waals surface area contributed by atoms with Crippen LogP contribution in [-0.4, -0.2) is 78.6 Å². The van der Waals surface area contributed by atoms with Crippen LogP contribution >= 0.6 is 0 Å². The third kappa shape index (κ3) is 5.09. The lowest BCUT2D eigenvalue weighted by Crippen LogP contribution is -2.45. The second kappa shape index (κ2) is 10.6. The summed E-state index contributed by atoms with van der Waals surface area (Å²) in [4.78, 5) is 37.4. The van der Waals surface area contributed by atoms with Crippen LogP contribution in [0.1, 0.15) is 41.6 Å². The van der Waals surface area contributed by atoms with Crippen LogP contribution in [0.5, 0.6) is 0 Å². The van der Waals surface area contributed by atoms with E-state index in [1.807, 2.05) is 40.1 Å². The molecule has 4 heterocycles. The van der Waals surface area contributed by atoms with Crippen molar-refractivity contribution in [1.82, 2.24) is 14.8 Å². The van der Waals surface area contributed by atoms with E-state index in [1.54, 1.807) is 6.20 Å². The Balaban J connectivity index is 1.27. The molecule has 3 aliphatic heterocycles. The molecule has 7 heteroatoms. The van der Waals surface area contributed by atoms with Crippen molar-refractivity contribution in [3.8, 4) is 0 Å². The molecular weight excluding hydrogens is 428 g/mol. The number of carbonyl (C=O) groups is 2. The Kier molecular flexibility index (Phi) is 7.09. The zero-order chi connectivity index (χ0) is 23.3. The summed E-state index contributed by atoms with van der Waals surface area (Å²) in [5.41, 5.74) is 1.88. The van der Waals surface area contributed by atoms with Crippen LogP contribution in [-0.2, 0) is 16.0 Å². The predicted molar refractivity (Wildman–Crippen MR) is 131 cm³/mol. The molecule has 0 aliphatic carbocycles. The quantitative estimate of drug-likeness (QED) is 0.684. The lowest BCUT2D eigenvalue weighted by molar-refractivity contribution is -0.130. The largest absolute Gasteiger partial charge is 0.378 e. The van der Waals surface area contributed by atoms with Crippen molar-refractivity contribution >= 4 is 17.6 Å². The molecular formula is C27H34N4O3. The summed E-state index contributed by atoms with van der Waals surface area (Å²) in [5.74, 6) is 1.45. The molecule has 0 N–H and O–H groups in total. The molecule has 34 heavy (non-hydrogen) atoms. The molecule has 3 saturated heterocycles. The number of aryl methyl sites for hydroxylation is 1. The van der Waals surface area contributed by atoms with Crippen molar-refractivity contribution < 1.29 is 14.3 Å². The van der Waals surface area contributed by atoms with Gasteiger partial charge in [-0.15, -0.1) is 0 Å². The second-order valence-electron chi connectivity index (χ2n) is 9.61. The lowest BCUT2D eigenvalue weighted by atomic mass is 9.98. The normalized spacial score (nSPS) is 22.9. The maximum absolute atomic E-state index is 13.7. The molecule has 7 nitrogen and oxygen atoms in total. The minimum absolute atomic E-state index is 0.0624. The highest BCUT2D eigenvalue weighted by Gasteiger charge is 2.41. The van der Waals surface area contributed by atoms with Crippen LogP contribution in [0.3, 0.4) is 0 Å². The second-order valence-corrected chi connectivity index (χ2v) is 9.61. The molecule has 180 valence electrons. The Hall–Kier alpha value is -2.93. The Morgan fingerprint density at radius 1 is 1.00 bits per heavy atom. The third-order valence-electron chi connectivity index (χ3n) is 7.44. The Morgan fingerprint density at radius 2 is 1.82 bits per heavy atom. The highest BCUT2D eigenvalue weighted by molar-refractivity contribution is 5.95. The monoisotopic (exact) mass is 462 g/mol. The van der Waals surface area contributed by atoms with Gasteiger partial charge >= 0.3 is 0 Å². The van der Waals surface area contributed by atoms with E-state index >= 15 is 0 Å². The third-order valence-corrected chi connectivity index (χ3v) is 7.44. The molecule has 5 rings (SSSR count). The fraction of sp³-hybridized carbons (Fsp3) is 0.519. The molecule has 0 radical (unpaired) electrons. The van der Waals surface area contributed by atoms with Crippen molar-refractivity contribution in [2.24, 2.45) is 5.92 Å². The molecule has 3 aliphatic rings. The van der Waals surface area contributed by atoms with E-state index < -0.39 is 0 Å². The van der Waals surface area contributed by atoms with Crippen molar-refractivity contribution in [2.75, 3.05) is 50.8 Å². The average molecular weight is 463 g/mol. The van der Waals surface area contributed by atoms with Gasteiger partial charge in [-0.05, 0) is 42.9 Å². The first-order valence-electron chi connectivity index (χ1n) is 12.6. The highest BCUT2D eigenvalue weighted by atomic mass is 16.5. The highest BCUT2D eigenvalue weighted by Crippen LogP contribution is 2.32. The molecule has 0 bridgehead atoms. The number of ether oxygens (including phenoxy) is 1. The van der Waals surface area contributed by atoms with E-state index in [0.29, 0.717) is 37.7 Å². The van der Waals surface area contributed by atoms with Gasteiger partial charge in [0.05, 0.1) is 19.3 Å². The minimum Gasteiger partial charge on any atom is -0.378 e. The van der Waals surface area contributed by atoms with Gasteiger partial charge in [0.15, 0.2) is 0 Å². The Morgan fingerprint density at radius 3 is 2.65 bits per heavy atom. The van der Waals surface area contributed by atoms with Crippen LogP contribution in [0.25, 0.3) is 0 Å². The standard InChI is InChI=1S/C27H34N4O3/c32-26(10-9-21-6-2-1-3-7-21)30-19-23-8-4-5-13-31(24(23)20-30)27(33)22-11-12-28-25(18-22)29-14-16-34-17-15-29/h1-3,6-7,11-12,18,23-24H,4-5,8-10,13-17,19-20H2/t23-,24+/m0/s1. The number of aromatic nitrogens is 1. The summed E-state index contributed by atoms with van der Waals surface area (Å²) >= 11 is 0. The average Bonchev–Trinajstić information content (AvgIpc) is 3.22. The zero-order valence-corrected chi connectivity index (χ0v) is 19.8. The van der Waals surface area contributed by atoms with Gasteiger partial charge < -0.3 is 19.4 Å². The molecule has 2 amide bonds. The van der Waals surface area contributed by atoms with E-state index in [9.17, 15) is 9.59 Å². The molecule has 0 spiro atoms. The van der Waals surface area contributed by atoms with Gasteiger partial charge in [0, 0.05) is 50.9 Å². The van der Waals surface area contributed by atoms with Gasteiger partial charge in [0.2, 0.25) is 5.91 Å². The van der Waals surface area contributed by atoms with Gasteiger partial charge in [-0.2, -0.15) is 0 Å². The molecule has 0 saturated carbocycles. The number of morpholine rings is 1. The molecule has 2 aromatic rings. The summed E-state index contributed by atoms with van der Waals surface area (Å²) in [6.07, 6.45) is 6.21. The summed E-state index contributed by atoms with van der Waals surface area (Å²) in [7, 11) is 0. The van der Waals surface area contributed by atoms with E-state index in [2.05, 4.69) is 22.0 Å². The first-order chi connectivity index (χ1) is 16.7. The van der Waals surface area contributed by atoms with E-state index in [0.717, 1.165) is 57.7 Å². The number of hydrogen-bond donors (Lipinski definition) is 0. The van der Waals surface area contributed by atoms with Gasteiger partial charge in [0.1, 0.15) is 5.82 Å². The fourth-order valence-electron chi connectivity index (χ4n) is 5.54. The van der Waals surface area contributed by atoms with Crippen molar-refractivity contribution in [1.29, 1.82) is 0 Å². The molecule has 0 unspecified atom stereocenters. The first-order valence-corrected chi connectivity index (χ1v) is 12.6. The molecule has 1 aromatic heterocycles. The smallest absolute Gasteiger partial charge is 0.254 e. The van der Waals surface area contributed by atoms with Crippen molar-refractivity contribution in [3.05, 3.63) is 59.8 Å². The molecule has 2 atom stereocenters. The zero-order valence-electron chi connectivity index (χ0n) is 19.8.